The lowest BCUT2D eigenvalue weighted by molar-refractivity contribution is 0.0297. The van der Waals surface area contributed by atoms with Crippen molar-refractivity contribution in [3.8, 4) is 0 Å². The molecule has 1 unspecified atom stereocenters. The summed E-state index contributed by atoms with van der Waals surface area (Å²) < 4.78 is 5.28. The first-order valence-electron chi connectivity index (χ1n) is 5.60. The largest absolute Gasteiger partial charge is 0.468 e. The Hall–Kier alpha value is -0.800. The highest BCUT2D eigenvalue weighted by molar-refractivity contribution is 5.03. The van der Waals surface area contributed by atoms with E-state index in [4.69, 9.17) is 4.42 Å². The van der Waals surface area contributed by atoms with Crippen LogP contribution in [0.15, 0.2) is 22.8 Å². The van der Waals surface area contributed by atoms with Crippen LogP contribution in [0.5, 0.6) is 0 Å². The molecule has 1 aromatic rings. The van der Waals surface area contributed by atoms with Crippen molar-refractivity contribution in [3.63, 3.8) is 0 Å². The van der Waals surface area contributed by atoms with Gasteiger partial charge in [0.25, 0.3) is 0 Å². The Morgan fingerprint density at radius 3 is 2.60 bits per heavy atom. The Morgan fingerprint density at radius 2 is 2.13 bits per heavy atom. The standard InChI is InChI=1S/C12H21NO2/c1-4-12(14,5-2)9-13-10(3)11-7-6-8-15-11/h6-8,10,13-14H,4-5,9H2,1-3H3. The Labute approximate surface area is 91.5 Å². The van der Waals surface area contributed by atoms with Gasteiger partial charge in [-0.2, -0.15) is 0 Å². The van der Waals surface area contributed by atoms with Gasteiger partial charge in [-0.25, -0.2) is 0 Å². The SMILES string of the molecule is CCC(O)(CC)CNC(C)c1ccco1. The lowest BCUT2D eigenvalue weighted by Gasteiger charge is -2.27. The van der Waals surface area contributed by atoms with Crippen LogP contribution in [0.4, 0.5) is 0 Å². The number of furan rings is 1. The molecule has 0 saturated carbocycles. The molecule has 1 rings (SSSR count). The highest BCUT2D eigenvalue weighted by Gasteiger charge is 2.22. The van der Waals surface area contributed by atoms with Gasteiger partial charge in [-0.15, -0.1) is 0 Å². The van der Waals surface area contributed by atoms with Gasteiger partial charge in [-0.1, -0.05) is 13.8 Å². The molecule has 1 atom stereocenters. The van der Waals surface area contributed by atoms with Crippen LogP contribution in [0, 0.1) is 0 Å². The zero-order valence-electron chi connectivity index (χ0n) is 9.79. The van der Waals surface area contributed by atoms with E-state index in [2.05, 4.69) is 5.32 Å². The Bertz CT molecular complexity index is 265. The number of hydrogen-bond donors (Lipinski definition) is 2. The van der Waals surface area contributed by atoms with Gasteiger partial charge in [0.05, 0.1) is 17.9 Å². The Kier molecular flexibility index (Phi) is 4.36. The second-order valence-electron chi connectivity index (χ2n) is 4.05. The highest BCUT2D eigenvalue weighted by Crippen LogP contribution is 2.17. The summed E-state index contributed by atoms with van der Waals surface area (Å²) in [7, 11) is 0. The van der Waals surface area contributed by atoms with Crippen LogP contribution in [0.3, 0.4) is 0 Å². The molecular formula is C12H21NO2. The first kappa shape index (κ1) is 12.3. The van der Waals surface area contributed by atoms with Crippen LogP contribution in [-0.4, -0.2) is 17.3 Å². The molecule has 0 amide bonds. The fraction of sp³-hybridized carbons (Fsp3) is 0.667. The van der Waals surface area contributed by atoms with E-state index in [-0.39, 0.29) is 6.04 Å². The average Bonchev–Trinajstić information content (AvgIpc) is 2.79. The Morgan fingerprint density at radius 1 is 1.47 bits per heavy atom. The third kappa shape index (κ3) is 3.36. The zero-order chi connectivity index (χ0) is 11.3. The Balaban J connectivity index is 2.43. The molecule has 1 aromatic heterocycles. The molecule has 1 heterocycles. The molecule has 0 aromatic carbocycles. The fourth-order valence-electron chi connectivity index (χ4n) is 1.48. The molecular weight excluding hydrogens is 190 g/mol. The molecule has 0 radical (unpaired) electrons. The molecule has 2 N–H and O–H groups in total. The van der Waals surface area contributed by atoms with Crippen molar-refractivity contribution in [2.75, 3.05) is 6.54 Å². The summed E-state index contributed by atoms with van der Waals surface area (Å²) in [6.45, 7) is 6.64. The second kappa shape index (κ2) is 5.33. The van der Waals surface area contributed by atoms with E-state index in [0.29, 0.717) is 6.54 Å². The van der Waals surface area contributed by atoms with Gasteiger partial charge in [-0.05, 0) is 31.9 Å². The fourth-order valence-corrected chi connectivity index (χ4v) is 1.48. The first-order chi connectivity index (χ1) is 7.11. The zero-order valence-corrected chi connectivity index (χ0v) is 9.79. The molecule has 3 nitrogen and oxygen atoms in total. The number of aliphatic hydroxyl groups is 1. The van der Waals surface area contributed by atoms with Gasteiger partial charge < -0.3 is 14.8 Å². The minimum atomic E-state index is -0.596. The minimum absolute atomic E-state index is 0.143. The summed E-state index contributed by atoms with van der Waals surface area (Å²) in [5, 5.41) is 13.4. The predicted molar refractivity (Wildman–Crippen MR) is 60.7 cm³/mol. The van der Waals surface area contributed by atoms with E-state index < -0.39 is 5.60 Å². The third-order valence-corrected chi connectivity index (χ3v) is 3.02. The van der Waals surface area contributed by atoms with Gasteiger partial charge in [0, 0.05) is 6.54 Å². The summed E-state index contributed by atoms with van der Waals surface area (Å²) in [5.41, 5.74) is -0.596. The molecule has 0 aliphatic rings. The van der Waals surface area contributed by atoms with Crippen LogP contribution in [0.25, 0.3) is 0 Å². The molecule has 0 fully saturated rings. The summed E-state index contributed by atoms with van der Waals surface area (Å²) in [6, 6.07) is 3.96. The maximum Gasteiger partial charge on any atom is 0.120 e. The van der Waals surface area contributed by atoms with Gasteiger partial charge >= 0.3 is 0 Å². The third-order valence-electron chi connectivity index (χ3n) is 3.02. The number of rotatable bonds is 6. The number of nitrogens with one attached hydrogen (secondary N) is 1. The van der Waals surface area contributed by atoms with Crippen LogP contribution >= 0.6 is 0 Å². The van der Waals surface area contributed by atoms with Crippen molar-refractivity contribution in [3.05, 3.63) is 24.2 Å². The molecule has 0 aliphatic heterocycles. The summed E-state index contributed by atoms with van der Waals surface area (Å²) in [5.74, 6) is 0.907. The average molecular weight is 211 g/mol. The molecule has 15 heavy (non-hydrogen) atoms. The van der Waals surface area contributed by atoms with Crippen molar-refractivity contribution < 1.29 is 9.52 Å². The van der Waals surface area contributed by atoms with E-state index in [9.17, 15) is 5.11 Å². The molecule has 3 heteroatoms. The van der Waals surface area contributed by atoms with Crippen LogP contribution < -0.4 is 5.32 Å². The van der Waals surface area contributed by atoms with E-state index in [1.165, 1.54) is 0 Å². The van der Waals surface area contributed by atoms with E-state index in [1.807, 2.05) is 32.9 Å². The summed E-state index contributed by atoms with van der Waals surface area (Å²) in [6.07, 6.45) is 3.20. The van der Waals surface area contributed by atoms with E-state index >= 15 is 0 Å². The van der Waals surface area contributed by atoms with Gasteiger partial charge in [0.1, 0.15) is 5.76 Å². The van der Waals surface area contributed by atoms with Crippen molar-refractivity contribution in [2.24, 2.45) is 0 Å². The summed E-state index contributed by atoms with van der Waals surface area (Å²) >= 11 is 0. The van der Waals surface area contributed by atoms with Crippen molar-refractivity contribution >= 4 is 0 Å². The topological polar surface area (TPSA) is 45.4 Å². The summed E-state index contributed by atoms with van der Waals surface area (Å²) in [4.78, 5) is 0. The van der Waals surface area contributed by atoms with Crippen molar-refractivity contribution in [2.45, 2.75) is 45.3 Å². The maximum absolute atomic E-state index is 10.1. The molecule has 0 spiro atoms. The van der Waals surface area contributed by atoms with Gasteiger partial charge in [0.2, 0.25) is 0 Å². The quantitative estimate of drug-likeness (QED) is 0.760. The van der Waals surface area contributed by atoms with Crippen molar-refractivity contribution in [1.29, 1.82) is 0 Å². The normalized spacial score (nSPS) is 14.1. The molecule has 0 aliphatic carbocycles. The highest BCUT2D eigenvalue weighted by atomic mass is 16.3. The molecule has 0 saturated heterocycles. The lowest BCUT2D eigenvalue weighted by atomic mass is 9.97. The van der Waals surface area contributed by atoms with Gasteiger partial charge in [-0.3, -0.25) is 0 Å². The molecule has 86 valence electrons. The van der Waals surface area contributed by atoms with Crippen LogP contribution in [-0.2, 0) is 0 Å². The number of hydrogen-bond acceptors (Lipinski definition) is 3. The second-order valence-corrected chi connectivity index (χ2v) is 4.05. The monoisotopic (exact) mass is 211 g/mol. The lowest BCUT2D eigenvalue weighted by Crippen LogP contribution is -2.40. The minimum Gasteiger partial charge on any atom is -0.468 e. The van der Waals surface area contributed by atoms with Crippen LogP contribution in [0.1, 0.15) is 45.4 Å². The van der Waals surface area contributed by atoms with Crippen LogP contribution in [0.2, 0.25) is 0 Å². The predicted octanol–water partition coefficient (Wildman–Crippen LogP) is 2.48. The van der Waals surface area contributed by atoms with E-state index in [0.717, 1.165) is 18.6 Å². The maximum atomic E-state index is 10.1. The van der Waals surface area contributed by atoms with Gasteiger partial charge in [0.15, 0.2) is 0 Å². The van der Waals surface area contributed by atoms with E-state index in [1.54, 1.807) is 6.26 Å². The molecule has 0 bridgehead atoms. The smallest absolute Gasteiger partial charge is 0.120 e. The first-order valence-corrected chi connectivity index (χ1v) is 5.60. The van der Waals surface area contributed by atoms with Crippen molar-refractivity contribution in [1.82, 2.24) is 5.32 Å².